The van der Waals surface area contributed by atoms with Crippen LogP contribution in [-0.4, -0.2) is 35.1 Å². The van der Waals surface area contributed by atoms with Crippen molar-refractivity contribution in [2.75, 3.05) is 18.4 Å². The van der Waals surface area contributed by atoms with Gasteiger partial charge in [0.15, 0.2) is 0 Å². The zero-order valence-corrected chi connectivity index (χ0v) is 12.4. The maximum absolute atomic E-state index is 13.1. The molecular formula is C13H13Cl2FN2O3. The van der Waals surface area contributed by atoms with E-state index in [9.17, 15) is 14.0 Å². The molecule has 21 heavy (non-hydrogen) atoms. The number of rotatable bonds is 2. The van der Waals surface area contributed by atoms with Gasteiger partial charge in [-0.3, -0.25) is 4.79 Å². The first-order chi connectivity index (χ1) is 9.88. The normalized spacial score (nSPS) is 18.4. The summed E-state index contributed by atoms with van der Waals surface area (Å²) in [7, 11) is 0. The molecule has 0 spiro atoms. The average Bonchev–Trinajstić information content (AvgIpc) is 2.42. The predicted octanol–water partition coefficient (Wildman–Crippen LogP) is 3.46. The van der Waals surface area contributed by atoms with Crippen LogP contribution in [0.1, 0.15) is 12.8 Å². The molecule has 1 aromatic rings. The number of benzene rings is 1. The van der Waals surface area contributed by atoms with Crippen molar-refractivity contribution in [2.24, 2.45) is 5.92 Å². The summed E-state index contributed by atoms with van der Waals surface area (Å²) in [6.45, 7) is 0.573. The van der Waals surface area contributed by atoms with Crippen LogP contribution in [0.25, 0.3) is 0 Å². The van der Waals surface area contributed by atoms with E-state index in [1.54, 1.807) is 0 Å². The van der Waals surface area contributed by atoms with E-state index in [1.807, 2.05) is 0 Å². The third-order valence-corrected chi connectivity index (χ3v) is 3.89. The number of carboxylic acids is 1. The number of urea groups is 1. The van der Waals surface area contributed by atoms with Gasteiger partial charge in [-0.2, -0.15) is 0 Å². The number of nitrogens with zero attached hydrogens (tertiary/aromatic N) is 1. The summed E-state index contributed by atoms with van der Waals surface area (Å²) < 4.78 is 13.1. The van der Waals surface area contributed by atoms with Gasteiger partial charge in [-0.15, -0.1) is 0 Å². The van der Waals surface area contributed by atoms with Gasteiger partial charge in [0.2, 0.25) is 0 Å². The number of piperidine rings is 1. The highest BCUT2D eigenvalue weighted by atomic mass is 35.5. The van der Waals surface area contributed by atoms with Gasteiger partial charge in [-0.25, -0.2) is 9.18 Å². The number of carboxylic acid groups (broad SMARTS) is 1. The molecule has 1 saturated heterocycles. The van der Waals surface area contributed by atoms with Crippen molar-refractivity contribution in [2.45, 2.75) is 12.8 Å². The van der Waals surface area contributed by atoms with E-state index in [2.05, 4.69) is 5.32 Å². The minimum absolute atomic E-state index is 0.0138. The molecule has 0 bridgehead atoms. The van der Waals surface area contributed by atoms with Crippen molar-refractivity contribution in [1.29, 1.82) is 0 Å². The summed E-state index contributed by atoms with van der Waals surface area (Å²) >= 11 is 11.7. The molecule has 2 amide bonds. The Hall–Kier alpha value is -1.53. The minimum Gasteiger partial charge on any atom is -0.481 e. The molecule has 0 unspecified atom stereocenters. The van der Waals surface area contributed by atoms with E-state index in [4.69, 9.17) is 28.3 Å². The molecule has 2 N–H and O–H groups in total. The van der Waals surface area contributed by atoms with Crippen LogP contribution in [0, 0.1) is 11.7 Å². The summed E-state index contributed by atoms with van der Waals surface area (Å²) in [6.07, 6.45) is 1.15. The first kappa shape index (κ1) is 15.9. The molecule has 1 atom stereocenters. The number of hydrogen-bond acceptors (Lipinski definition) is 2. The van der Waals surface area contributed by atoms with Crippen LogP contribution in [0.3, 0.4) is 0 Å². The van der Waals surface area contributed by atoms with Crippen LogP contribution in [-0.2, 0) is 4.79 Å². The van der Waals surface area contributed by atoms with Gasteiger partial charge in [0, 0.05) is 13.1 Å². The highest BCUT2D eigenvalue weighted by molar-refractivity contribution is 6.39. The molecule has 0 aromatic heterocycles. The molecule has 1 aliphatic heterocycles. The van der Waals surface area contributed by atoms with Crippen LogP contribution in [0.4, 0.5) is 14.9 Å². The number of halogens is 3. The quantitative estimate of drug-likeness (QED) is 0.870. The third kappa shape index (κ3) is 3.77. The number of carbonyl (C=O) groups excluding carboxylic acids is 1. The fourth-order valence-electron chi connectivity index (χ4n) is 2.21. The average molecular weight is 335 g/mol. The van der Waals surface area contributed by atoms with E-state index in [0.29, 0.717) is 19.4 Å². The number of anilines is 1. The predicted molar refractivity (Wildman–Crippen MR) is 77.4 cm³/mol. The second-order valence-electron chi connectivity index (χ2n) is 4.80. The maximum Gasteiger partial charge on any atom is 0.321 e. The smallest absolute Gasteiger partial charge is 0.321 e. The first-order valence-corrected chi connectivity index (χ1v) is 7.07. The van der Waals surface area contributed by atoms with E-state index in [-0.39, 0.29) is 22.3 Å². The molecule has 114 valence electrons. The highest BCUT2D eigenvalue weighted by Gasteiger charge is 2.28. The van der Waals surface area contributed by atoms with Crippen LogP contribution in [0.5, 0.6) is 0 Å². The molecule has 8 heteroatoms. The minimum atomic E-state index is -0.926. The lowest BCUT2D eigenvalue weighted by molar-refractivity contribution is -0.143. The van der Waals surface area contributed by atoms with Crippen molar-refractivity contribution >= 4 is 40.9 Å². The van der Waals surface area contributed by atoms with E-state index >= 15 is 0 Å². The van der Waals surface area contributed by atoms with Crippen molar-refractivity contribution in [3.63, 3.8) is 0 Å². The Kier molecular flexibility index (Phi) is 4.90. The van der Waals surface area contributed by atoms with Gasteiger partial charge in [0.25, 0.3) is 0 Å². The molecule has 1 aliphatic rings. The molecule has 1 aromatic carbocycles. The number of aliphatic carboxylic acids is 1. The Morgan fingerprint density at radius 3 is 2.52 bits per heavy atom. The monoisotopic (exact) mass is 334 g/mol. The lowest BCUT2D eigenvalue weighted by Crippen LogP contribution is -2.44. The SMILES string of the molecule is O=C(O)[C@@H]1CCCN(C(=O)Nc2c(Cl)cc(F)cc2Cl)C1. The lowest BCUT2D eigenvalue weighted by atomic mass is 9.99. The topological polar surface area (TPSA) is 69.6 Å². The van der Waals surface area contributed by atoms with Gasteiger partial charge in [-0.1, -0.05) is 23.2 Å². The fraction of sp³-hybridized carbons (Fsp3) is 0.385. The number of amides is 2. The summed E-state index contributed by atoms with van der Waals surface area (Å²) in [4.78, 5) is 24.5. The lowest BCUT2D eigenvalue weighted by Gasteiger charge is -2.30. The second kappa shape index (κ2) is 6.49. The summed E-state index contributed by atoms with van der Waals surface area (Å²) in [5.74, 6) is -2.11. The zero-order valence-electron chi connectivity index (χ0n) is 10.9. The third-order valence-electron chi connectivity index (χ3n) is 3.30. The van der Waals surface area contributed by atoms with Crippen molar-refractivity contribution < 1.29 is 19.1 Å². The van der Waals surface area contributed by atoms with Crippen molar-refractivity contribution in [1.82, 2.24) is 4.90 Å². The van der Waals surface area contributed by atoms with Crippen LogP contribution in [0.2, 0.25) is 10.0 Å². The van der Waals surface area contributed by atoms with Gasteiger partial charge in [-0.05, 0) is 25.0 Å². The molecule has 5 nitrogen and oxygen atoms in total. The molecule has 2 rings (SSSR count). The highest BCUT2D eigenvalue weighted by Crippen LogP contribution is 2.31. The van der Waals surface area contributed by atoms with Crippen molar-refractivity contribution in [3.8, 4) is 0 Å². The summed E-state index contributed by atoms with van der Waals surface area (Å²) in [5.41, 5.74) is 0.113. The van der Waals surface area contributed by atoms with Gasteiger partial charge in [0.1, 0.15) is 5.82 Å². The van der Waals surface area contributed by atoms with Crippen LogP contribution >= 0.6 is 23.2 Å². The molecule has 1 heterocycles. The van der Waals surface area contributed by atoms with E-state index in [1.165, 1.54) is 4.90 Å². The van der Waals surface area contributed by atoms with Gasteiger partial charge < -0.3 is 15.3 Å². The largest absolute Gasteiger partial charge is 0.481 e. The molecule has 1 fully saturated rings. The Bertz CT molecular complexity index is 560. The Morgan fingerprint density at radius 2 is 1.95 bits per heavy atom. The fourth-order valence-corrected chi connectivity index (χ4v) is 2.77. The molecular weight excluding hydrogens is 322 g/mol. The number of carbonyl (C=O) groups is 2. The first-order valence-electron chi connectivity index (χ1n) is 6.31. The van der Waals surface area contributed by atoms with Crippen LogP contribution in [0.15, 0.2) is 12.1 Å². The number of likely N-dealkylation sites (tertiary alicyclic amines) is 1. The van der Waals surface area contributed by atoms with Crippen molar-refractivity contribution in [3.05, 3.63) is 28.0 Å². The van der Waals surface area contributed by atoms with Crippen LogP contribution < -0.4 is 5.32 Å². The Morgan fingerprint density at radius 1 is 1.33 bits per heavy atom. The maximum atomic E-state index is 13.1. The number of nitrogens with one attached hydrogen (secondary N) is 1. The molecule has 0 radical (unpaired) electrons. The summed E-state index contributed by atoms with van der Waals surface area (Å²) in [6, 6.07) is 1.58. The van der Waals surface area contributed by atoms with E-state index in [0.717, 1.165) is 12.1 Å². The molecule has 0 saturated carbocycles. The van der Waals surface area contributed by atoms with Gasteiger partial charge >= 0.3 is 12.0 Å². The second-order valence-corrected chi connectivity index (χ2v) is 5.61. The zero-order chi connectivity index (χ0) is 15.6. The van der Waals surface area contributed by atoms with Gasteiger partial charge in [0.05, 0.1) is 21.7 Å². The Labute approximate surface area is 130 Å². The van der Waals surface area contributed by atoms with E-state index < -0.39 is 23.7 Å². The standard InChI is InChI=1S/C13H13Cl2FN2O3/c14-9-4-8(16)5-10(15)11(9)17-13(21)18-3-1-2-7(6-18)12(19)20/h4-5,7H,1-3,6H2,(H,17,21)(H,19,20)/t7-/m1/s1. The number of hydrogen-bond donors (Lipinski definition) is 2. The Balaban J connectivity index is 2.10. The summed E-state index contributed by atoms with van der Waals surface area (Å²) in [5, 5.41) is 11.5. The molecule has 0 aliphatic carbocycles.